The molecule has 1 aliphatic heterocycles. The number of methoxy groups -OCH3 is 3. The van der Waals surface area contributed by atoms with Crippen molar-refractivity contribution in [3.63, 3.8) is 0 Å². The van der Waals surface area contributed by atoms with Crippen LogP contribution in [0.4, 0.5) is 0 Å². The fraction of sp³-hybridized carbons (Fsp3) is 0.524. The summed E-state index contributed by atoms with van der Waals surface area (Å²) in [7, 11) is 4.79. The molecule has 0 aromatic heterocycles. The predicted octanol–water partition coefficient (Wildman–Crippen LogP) is 2.21. The van der Waals surface area contributed by atoms with Gasteiger partial charge in [0.05, 0.1) is 25.7 Å². The number of nitrogens with one attached hydrogen (secondary N) is 2. The molecule has 0 bridgehead atoms. The Bertz CT molecular complexity index is 782. The van der Waals surface area contributed by atoms with Crippen LogP contribution in [0.2, 0.25) is 0 Å². The van der Waals surface area contributed by atoms with Crippen molar-refractivity contribution >= 4 is 29.7 Å². The van der Waals surface area contributed by atoms with E-state index in [1.54, 1.807) is 33.1 Å². The molecule has 0 radical (unpaired) electrons. The van der Waals surface area contributed by atoms with Crippen LogP contribution in [0.25, 0.3) is 6.08 Å². The number of amides is 2. The molecule has 1 saturated carbocycles. The zero-order chi connectivity index (χ0) is 20.8. The topological polar surface area (TPSA) is 85.9 Å². The van der Waals surface area contributed by atoms with Gasteiger partial charge in [0.1, 0.15) is 0 Å². The van der Waals surface area contributed by atoms with E-state index in [0.29, 0.717) is 36.0 Å². The summed E-state index contributed by atoms with van der Waals surface area (Å²) >= 11 is 1.60. The van der Waals surface area contributed by atoms with Gasteiger partial charge >= 0.3 is 0 Å². The number of carbonyl (C=O) groups excluding carboxylic acids is 2. The maximum atomic E-state index is 12.6. The largest absolute Gasteiger partial charge is 0.493 e. The molecular weight excluding hydrogens is 392 g/mol. The van der Waals surface area contributed by atoms with Crippen molar-refractivity contribution in [2.45, 2.75) is 30.6 Å². The Morgan fingerprint density at radius 1 is 1.24 bits per heavy atom. The summed E-state index contributed by atoms with van der Waals surface area (Å²) in [4.78, 5) is 25.7. The minimum Gasteiger partial charge on any atom is -0.493 e. The van der Waals surface area contributed by atoms with Crippen LogP contribution in [0.5, 0.6) is 11.5 Å². The number of ether oxygens (including phenoxy) is 3. The highest BCUT2D eigenvalue weighted by Gasteiger charge is 2.39. The Hall–Kier alpha value is -2.19. The molecular formula is C21H28N2O5S. The fourth-order valence-corrected chi connectivity index (χ4v) is 5.04. The van der Waals surface area contributed by atoms with Crippen molar-refractivity contribution in [2.24, 2.45) is 5.92 Å². The van der Waals surface area contributed by atoms with Crippen molar-refractivity contribution in [1.82, 2.24) is 10.6 Å². The van der Waals surface area contributed by atoms with E-state index in [-0.39, 0.29) is 29.0 Å². The molecule has 1 aromatic rings. The lowest BCUT2D eigenvalue weighted by molar-refractivity contribution is -0.127. The van der Waals surface area contributed by atoms with Crippen LogP contribution in [0, 0.1) is 5.92 Å². The van der Waals surface area contributed by atoms with E-state index in [4.69, 9.17) is 14.2 Å². The molecule has 7 nitrogen and oxygen atoms in total. The molecule has 29 heavy (non-hydrogen) atoms. The second-order valence-corrected chi connectivity index (χ2v) is 8.43. The number of thioether (sulfide) groups is 1. The van der Waals surface area contributed by atoms with Gasteiger partial charge in [0.15, 0.2) is 11.5 Å². The molecule has 2 fully saturated rings. The van der Waals surface area contributed by atoms with Crippen LogP contribution in [-0.2, 0) is 14.3 Å². The molecule has 3 unspecified atom stereocenters. The normalized spacial score (nSPS) is 25.1. The summed E-state index contributed by atoms with van der Waals surface area (Å²) in [6.07, 6.45) is 4.27. The van der Waals surface area contributed by atoms with E-state index in [9.17, 15) is 9.59 Å². The zero-order valence-electron chi connectivity index (χ0n) is 17.0. The van der Waals surface area contributed by atoms with Gasteiger partial charge in [-0.15, -0.1) is 11.8 Å². The highest BCUT2D eigenvalue weighted by Crippen LogP contribution is 2.40. The number of benzene rings is 1. The summed E-state index contributed by atoms with van der Waals surface area (Å²) in [5.41, 5.74) is 0.880. The van der Waals surface area contributed by atoms with Gasteiger partial charge in [-0.1, -0.05) is 6.07 Å². The summed E-state index contributed by atoms with van der Waals surface area (Å²) in [5.74, 6) is 1.17. The van der Waals surface area contributed by atoms with Gasteiger partial charge in [0, 0.05) is 30.9 Å². The molecule has 1 aliphatic carbocycles. The van der Waals surface area contributed by atoms with E-state index >= 15 is 0 Å². The Labute approximate surface area is 175 Å². The maximum absolute atomic E-state index is 12.6. The van der Waals surface area contributed by atoms with Gasteiger partial charge in [-0.05, 0) is 43.0 Å². The van der Waals surface area contributed by atoms with Crippen LogP contribution in [0.3, 0.4) is 0 Å². The molecule has 2 aliphatic rings. The monoisotopic (exact) mass is 420 g/mol. The Balaban J connectivity index is 1.64. The van der Waals surface area contributed by atoms with E-state index < -0.39 is 0 Å². The first-order chi connectivity index (χ1) is 14.0. The molecule has 158 valence electrons. The van der Waals surface area contributed by atoms with Crippen LogP contribution in [0.15, 0.2) is 23.1 Å². The summed E-state index contributed by atoms with van der Waals surface area (Å²) in [6, 6.07) is 5.59. The third kappa shape index (κ3) is 5.25. The van der Waals surface area contributed by atoms with Crippen molar-refractivity contribution in [3.05, 3.63) is 28.7 Å². The average Bonchev–Trinajstić information content (AvgIpc) is 2.73. The van der Waals surface area contributed by atoms with E-state index in [0.717, 1.165) is 18.4 Å². The number of rotatable bonds is 7. The minimum atomic E-state index is -0.0912. The molecule has 8 heteroatoms. The first-order valence-electron chi connectivity index (χ1n) is 9.73. The molecule has 1 saturated heterocycles. The van der Waals surface area contributed by atoms with Gasteiger partial charge in [-0.25, -0.2) is 0 Å². The van der Waals surface area contributed by atoms with E-state index in [1.807, 2.05) is 24.3 Å². The lowest BCUT2D eigenvalue weighted by Crippen LogP contribution is -2.51. The van der Waals surface area contributed by atoms with Gasteiger partial charge < -0.3 is 24.8 Å². The molecule has 3 rings (SSSR count). The minimum absolute atomic E-state index is 0.0157. The van der Waals surface area contributed by atoms with Gasteiger partial charge in [0.25, 0.3) is 5.91 Å². The van der Waals surface area contributed by atoms with E-state index in [1.165, 1.54) is 0 Å². The van der Waals surface area contributed by atoms with Crippen LogP contribution >= 0.6 is 11.8 Å². The van der Waals surface area contributed by atoms with Gasteiger partial charge in [-0.2, -0.15) is 0 Å². The smallest absolute Gasteiger partial charge is 0.257 e. The Morgan fingerprint density at radius 3 is 2.76 bits per heavy atom. The second-order valence-electron chi connectivity index (χ2n) is 7.15. The Kier molecular flexibility index (Phi) is 7.44. The van der Waals surface area contributed by atoms with Crippen molar-refractivity contribution < 1.29 is 23.8 Å². The lowest BCUT2D eigenvalue weighted by Gasteiger charge is -2.39. The Morgan fingerprint density at radius 2 is 2.03 bits per heavy atom. The first-order valence-corrected chi connectivity index (χ1v) is 10.6. The summed E-state index contributed by atoms with van der Waals surface area (Å²) in [5, 5.41) is 6.29. The van der Waals surface area contributed by atoms with Crippen molar-refractivity contribution in [1.29, 1.82) is 0 Å². The number of hydrogen-bond donors (Lipinski definition) is 2. The van der Waals surface area contributed by atoms with Crippen LogP contribution in [0.1, 0.15) is 24.8 Å². The predicted molar refractivity (Wildman–Crippen MR) is 113 cm³/mol. The third-order valence-corrected chi connectivity index (χ3v) is 6.71. The van der Waals surface area contributed by atoms with Gasteiger partial charge in [-0.3, -0.25) is 9.59 Å². The number of carbonyl (C=O) groups is 2. The molecule has 1 heterocycles. The van der Waals surface area contributed by atoms with Crippen molar-refractivity contribution in [2.75, 3.05) is 34.5 Å². The standard InChI is InChI=1S/C21H28N2O5S/c1-26-9-8-22-20(24)14-5-7-18-15(12-14)23-21(25)19(29-18)11-13-4-6-16(27-2)17(10-13)28-3/h4,6,10-11,14-15,18H,5,7-9,12H2,1-3H3,(H,22,24)(H,23,25)/b19-11+. The van der Waals surface area contributed by atoms with Gasteiger partial charge in [0.2, 0.25) is 5.91 Å². The second kappa shape index (κ2) is 10.0. The van der Waals surface area contributed by atoms with Crippen LogP contribution < -0.4 is 20.1 Å². The highest BCUT2D eigenvalue weighted by molar-refractivity contribution is 8.04. The van der Waals surface area contributed by atoms with Crippen LogP contribution in [-0.4, -0.2) is 57.6 Å². The highest BCUT2D eigenvalue weighted by atomic mass is 32.2. The maximum Gasteiger partial charge on any atom is 0.257 e. The average molecular weight is 421 g/mol. The number of fused-ring (bicyclic) bond motifs is 1. The lowest BCUT2D eigenvalue weighted by atomic mass is 9.84. The molecule has 2 amide bonds. The quantitative estimate of drug-likeness (QED) is 0.520. The fourth-order valence-electron chi connectivity index (χ4n) is 3.74. The van der Waals surface area contributed by atoms with Crippen molar-refractivity contribution in [3.8, 4) is 11.5 Å². The number of hydrogen-bond acceptors (Lipinski definition) is 6. The summed E-state index contributed by atoms with van der Waals surface area (Å²) < 4.78 is 15.6. The molecule has 3 atom stereocenters. The molecule has 1 aromatic carbocycles. The van der Waals surface area contributed by atoms with E-state index in [2.05, 4.69) is 10.6 Å². The molecule has 0 spiro atoms. The third-order valence-electron chi connectivity index (χ3n) is 5.29. The zero-order valence-corrected chi connectivity index (χ0v) is 17.8. The summed E-state index contributed by atoms with van der Waals surface area (Å²) in [6.45, 7) is 1.01. The SMILES string of the molecule is COCCNC(=O)C1CCC2S/C(=C/c3ccc(OC)c(OC)c3)C(=O)NC2C1. The molecule has 2 N–H and O–H groups in total. The first kappa shape index (κ1) is 21.5.